The highest BCUT2D eigenvalue weighted by atomic mass is 79.9. The van der Waals surface area contributed by atoms with Gasteiger partial charge in [-0.25, -0.2) is 9.79 Å². The number of nitrogens with zero attached hydrogens (tertiary/aromatic N) is 2. The van der Waals surface area contributed by atoms with E-state index in [1.54, 1.807) is 31.6 Å². The highest BCUT2D eigenvalue weighted by molar-refractivity contribution is 9.10. The molecule has 8 heteroatoms. The topological polar surface area (TPSA) is 69.9 Å². The number of methoxy groups -OCH3 is 1. The second kappa shape index (κ2) is 10.4. The molecular formula is C26H23BrN2O4S. The number of esters is 1. The van der Waals surface area contributed by atoms with Crippen LogP contribution in [-0.2, 0) is 9.53 Å². The summed E-state index contributed by atoms with van der Waals surface area (Å²) in [6.45, 7) is 3.76. The van der Waals surface area contributed by atoms with Crippen molar-refractivity contribution < 1.29 is 14.3 Å². The number of carbonyl (C=O) groups is 1. The Kier molecular flexibility index (Phi) is 7.29. The minimum absolute atomic E-state index is 0.209. The van der Waals surface area contributed by atoms with Gasteiger partial charge in [0.2, 0.25) is 0 Å². The molecule has 0 fully saturated rings. The normalized spacial score (nSPS) is 15.9. The number of benzene rings is 2. The van der Waals surface area contributed by atoms with Gasteiger partial charge in [-0.15, -0.1) is 0 Å². The summed E-state index contributed by atoms with van der Waals surface area (Å²) in [7, 11) is 1.59. The SMILES string of the molecule is CCOC(=O)C1=C(C)N=c2s/c(=C/C=C/c3ccc(Br)cc3)c(=O)n2[C@H]1c1ccc(OC)cc1. The lowest BCUT2D eigenvalue weighted by molar-refractivity contribution is -0.139. The van der Waals surface area contributed by atoms with Crippen LogP contribution in [0.3, 0.4) is 0 Å². The van der Waals surface area contributed by atoms with Gasteiger partial charge in [0.15, 0.2) is 4.80 Å². The van der Waals surface area contributed by atoms with Crippen molar-refractivity contribution in [1.82, 2.24) is 4.57 Å². The Bertz CT molecular complexity index is 1450. The molecule has 1 aliphatic heterocycles. The highest BCUT2D eigenvalue weighted by Gasteiger charge is 2.33. The van der Waals surface area contributed by atoms with Crippen molar-refractivity contribution in [2.24, 2.45) is 4.99 Å². The zero-order valence-electron chi connectivity index (χ0n) is 18.9. The molecule has 0 aliphatic carbocycles. The molecule has 2 heterocycles. The molecule has 0 bridgehead atoms. The largest absolute Gasteiger partial charge is 0.497 e. The standard InChI is InChI=1S/C26H23BrN2O4S/c1-4-33-25(31)22-16(2)28-26-29(23(22)18-10-14-20(32-3)15-11-18)24(30)21(34-26)7-5-6-17-8-12-19(27)13-9-17/h5-15,23H,4H2,1-3H3/b6-5+,21-7+/t23-/m0/s1. The highest BCUT2D eigenvalue weighted by Crippen LogP contribution is 2.31. The third-order valence-corrected chi connectivity index (χ3v) is 6.88. The van der Waals surface area contributed by atoms with Crippen LogP contribution >= 0.6 is 27.3 Å². The van der Waals surface area contributed by atoms with Crippen LogP contribution in [0.15, 0.2) is 80.1 Å². The average Bonchev–Trinajstić information content (AvgIpc) is 3.14. The van der Waals surface area contributed by atoms with Gasteiger partial charge in [0, 0.05) is 4.47 Å². The Morgan fingerprint density at radius 1 is 1.18 bits per heavy atom. The fourth-order valence-electron chi connectivity index (χ4n) is 3.73. The maximum Gasteiger partial charge on any atom is 0.338 e. The van der Waals surface area contributed by atoms with E-state index in [0.717, 1.165) is 15.6 Å². The van der Waals surface area contributed by atoms with Gasteiger partial charge in [-0.05, 0) is 55.3 Å². The molecule has 0 N–H and O–H groups in total. The van der Waals surface area contributed by atoms with Gasteiger partial charge >= 0.3 is 5.97 Å². The molecule has 1 aliphatic rings. The van der Waals surface area contributed by atoms with Crippen LogP contribution in [0.5, 0.6) is 5.75 Å². The van der Waals surface area contributed by atoms with Gasteiger partial charge in [0.05, 0.1) is 35.6 Å². The molecule has 0 amide bonds. The van der Waals surface area contributed by atoms with Crippen molar-refractivity contribution >= 4 is 45.4 Å². The summed E-state index contributed by atoms with van der Waals surface area (Å²) in [6, 6.07) is 14.6. The van der Waals surface area contributed by atoms with E-state index in [1.807, 2.05) is 60.7 Å². The van der Waals surface area contributed by atoms with E-state index in [1.165, 1.54) is 11.3 Å². The molecule has 174 valence electrons. The molecule has 0 spiro atoms. The lowest BCUT2D eigenvalue weighted by atomic mass is 9.96. The number of ether oxygens (including phenoxy) is 2. The monoisotopic (exact) mass is 538 g/mol. The van der Waals surface area contributed by atoms with Crippen LogP contribution < -0.4 is 19.6 Å². The van der Waals surface area contributed by atoms with E-state index in [0.29, 0.717) is 26.4 Å². The van der Waals surface area contributed by atoms with Crippen molar-refractivity contribution in [3.8, 4) is 5.75 Å². The van der Waals surface area contributed by atoms with E-state index >= 15 is 0 Å². The quantitative estimate of drug-likeness (QED) is 0.440. The Hall–Kier alpha value is -3.23. The number of hydrogen-bond donors (Lipinski definition) is 0. The maximum atomic E-state index is 13.5. The first-order chi connectivity index (χ1) is 16.4. The van der Waals surface area contributed by atoms with E-state index in [2.05, 4.69) is 20.9 Å². The fraction of sp³-hybridized carbons (Fsp3) is 0.192. The second-order valence-electron chi connectivity index (χ2n) is 7.51. The summed E-state index contributed by atoms with van der Waals surface area (Å²) >= 11 is 4.72. The molecule has 0 saturated carbocycles. The summed E-state index contributed by atoms with van der Waals surface area (Å²) in [4.78, 5) is 31.5. The van der Waals surface area contributed by atoms with Crippen molar-refractivity contribution in [2.45, 2.75) is 19.9 Å². The van der Waals surface area contributed by atoms with Crippen LogP contribution in [-0.4, -0.2) is 24.3 Å². The van der Waals surface area contributed by atoms with Crippen molar-refractivity contribution in [3.63, 3.8) is 0 Å². The first-order valence-electron chi connectivity index (χ1n) is 10.7. The molecule has 34 heavy (non-hydrogen) atoms. The number of allylic oxidation sites excluding steroid dienone is 2. The maximum absolute atomic E-state index is 13.5. The number of rotatable bonds is 6. The summed E-state index contributed by atoms with van der Waals surface area (Å²) in [5.41, 5.74) is 2.48. The summed E-state index contributed by atoms with van der Waals surface area (Å²) < 4.78 is 13.7. The Morgan fingerprint density at radius 3 is 2.53 bits per heavy atom. The molecular weight excluding hydrogens is 516 g/mol. The van der Waals surface area contributed by atoms with Gasteiger partial charge < -0.3 is 9.47 Å². The molecule has 3 aromatic rings. The van der Waals surface area contributed by atoms with Gasteiger partial charge in [0.25, 0.3) is 5.56 Å². The summed E-state index contributed by atoms with van der Waals surface area (Å²) in [5.74, 6) is 0.210. The molecule has 0 saturated heterocycles. The van der Waals surface area contributed by atoms with E-state index in [9.17, 15) is 9.59 Å². The molecule has 0 unspecified atom stereocenters. The number of thiazole rings is 1. The van der Waals surface area contributed by atoms with Crippen LogP contribution in [0.1, 0.15) is 31.0 Å². The molecule has 6 nitrogen and oxygen atoms in total. The first-order valence-corrected chi connectivity index (χ1v) is 12.3. The molecule has 2 aromatic carbocycles. The average molecular weight is 539 g/mol. The van der Waals surface area contributed by atoms with Crippen molar-refractivity contribution in [1.29, 1.82) is 0 Å². The third kappa shape index (κ3) is 4.83. The van der Waals surface area contributed by atoms with Gasteiger partial charge in [0.1, 0.15) is 5.75 Å². The van der Waals surface area contributed by atoms with E-state index in [-0.39, 0.29) is 12.2 Å². The van der Waals surface area contributed by atoms with Gasteiger partial charge in [-0.2, -0.15) is 0 Å². The zero-order chi connectivity index (χ0) is 24.2. The molecule has 4 rings (SSSR count). The van der Waals surface area contributed by atoms with Crippen LogP contribution in [0.25, 0.3) is 12.2 Å². The zero-order valence-corrected chi connectivity index (χ0v) is 21.4. The van der Waals surface area contributed by atoms with Crippen molar-refractivity contribution in [3.05, 3.63) is 101 Å². The number of fused-ring (bicyclic) bond motifs is 1. The molecule has 1 aromatic heterocycles. The first kappa shape index (κ1) is 23.9. The second-order valence-corrected chi connectivity index (χ2v) is 9.43. The van der Waals surface area contributed by atoms with Gasteiger partial charge in [-0.1, -0.05) is 63.7 Å². The Morgan fingerprint density at radius 2 is 1.88 bits per heavy atom. The predicted molar refractivity (Wildman–Crippen MR) is 137 cm³/mol. The lowest BCUT2D eigenvalue weighted by Crippen LogP contribution is -2.39. The van der Waals surface area contributed by atoms with Crippen molar-refractivity contribution in [2.75, 3.05) is 13.7 Å². The van der Waals surface area contributed by atoms with E-state index in [4.69, 9.17) is 9.47 Å². The number of carbonyl (C=O) groups excluding carboxylic acids is 1. The summed E-state index contributed by atoms with van der Waals surface area (Å²) in [5, 5.41) is 0. The molecule has 0 radical (unpaired) electrons. The lowest BCUT2D eigenvalue weighted by Gasteiger charge is -2.24. The Labute approximate surface area is 209 Å². The third-order valence-electron chi connectivity index (χ3n) is 5.35. The minimum atomic E-state index is -0.640. The number of hydrogen-bond acceptors (Lipinski definition) is 6. The smallest absolute Gasteiger partial charge is 0.338 e. The van der Waals surface area contributed by atoms with Crippen LogP contribution in [0, 0.1) is 0 Å². The van der Waals surface area contributed by atoms with E-state index < -0.39 is 12.0 Å². The van der Waals surface area contributed by atoms with Crippen LogP contribution in [0.4, 0.5) is 0 Å². The fourth-order valence-corrected chi connectivity index (χ4v) is 4.99. The summed E-state index contributed by atoms with van der Waals surface area (Å²) in [6.07, 6.45) is 5.55. The molecule has 1 atom stereocenters. The Balaban J connectivity index is 1.83. The van der Waals surface area contributed by atoms with Gasteiger partial charge in [-0.3, -0.25) is 9.36 Å². The predicted octanol–water partition coefficient (Wildman–Crippen LogP) is 4.23. The number of aromatic nitrogens is 1. The van der Waals surface area contributed by atoms with Crippen LogP contribution in [0.2, 0.25) is 0 Å². The minimum Gasteiger partial charge on any atom is -0.497 e. The number of halogens is 1.